The number of carbonyl (C=O) groups excluding carboxylic acids is 1. The van der Waals surface area contributed by atoms with Crippen molar-refractivity contribution in [3.63, 3.8) is 0 Å². The van der Waals surface area contributed by atoms with Crippen LogP contribution in [0.3, 0.4) is 0 Å². The van der Waals surface area contributed by atoms with Crippen LogP contribution in [0, 0.1) is 5.92 Å². The summed E-state index contributed by atoms with van der Waals surface area (Å²) in [7, 11) is 0. The van der Waals surface area contributed by atoms with E-state index in [1.54, 1.807) is 0 Å². The maximum atomic E-state index is 12.6. The molecular formula is C21H32O2. The van der Waals surface area contributed by atoms with Crippen molar-refractivity contribution in [3.05, 3.63) is 28.8 Å². The molecule has 1 aromatic rings. The van der Waals surface area contributed by atoms with Crippen LogP contribution in [0.2, 0.25) is 0 Å². The van der Waals surface area contributed by atoms with Crippen molar-refractivity contribution in [2.45, 2.75) is 78.6 Å². The number of ketones is 1. The van der Waals surface area contributed by atoms with Gasteiger partial charge in [0.1, 0.15) is 5.75 Å². The summed E-state index contributed by atoms with van der Waals surface area (Å²) < 4.78 is 6.17. The topological polar surface area (TPSA) is 26.3 Å². The highest BCUT2D eigenvalue weighted by Crippen LogP contribution is 2.42. The summed E-state index contributed by atoms with van der Waals surface area (Å²) in [5.41, 5.74) is 3.07. The fourth-order valence-corrected chi connectivity index (χ4v) is 2.83. The molecule has 0 radical (unpaired) electrons. The first kappa shape index (κ1) is 18.0. The molecule has 0 bridgehead atoms. The minimum Gasteiger partial charge on any atom is -0.493 e. The number of ether oxygens (including phenoxy) is 1. The van der Waals surface area contributed by atoms with Gasteiger partial charge in [-0.15, -0.1) is 0 Å². The van der Waals surface area contributed by atoms with Crippen molar-refractivity contribution >= 4 is 5.78 Å². The van der Waals surface area contributed by atoms with Gasteiger partial charge in [-0.3, -0.25) is 4.79 Å². The van der Waals surface area contributed by atoms with Gasteiger partial charge in [-0.2, -0.15) is 0 Å². The van der Waals surface area contributed by atoms with Crippen LogP contribution < -0.4 is 4.74 Å². The van der Waals surface area contributed by atoms with E-state index in [4.69, 9.17) is 4.74 Å². The molecule has 0 aliphatic heterocycles. The van der Waals surface area contributed by atoms with Gasteiger partial charge in [0, 0.05) is 22.6 Å². The molecule has 0 spiro atoms. The maximum absolute atomic E-state index is 12.6. The van der Waals surface area contributed by atoms with Crippen LogP contribution in [0.5, 0.6) is 5.75 Å². The maximum Gasteiger partial charge on any atom is 0.165 e. The third-order valence-corrected chi connectivity index (χ3v) is 4.39. The Morgan fingerprint density at radius 2 is 1.52 bits per heavy atom. The molecule has 1 aromatic carbocycles. The molecule has 0 atom stereocenters. The Morgan fingerprint density at radius 1 is 1.04 bits per heavy atom. The first-order valence-corrected chi connectivity index (χ1v) is 8.91. The van der Waals surface area contributed by atoms with E-state index in [0.717, 1.165) is 41.7 Å². The summed E-state index contributed by atoms with van der Waals surface area (Å²) in [5.74, 6) is 1.54. The number of Topliss-reactive ketones (excluding diaryl/α,β-unsaturated/α-hetero) is 1. The number of rotatable bonds is 5. The monoisotopic (exact) mass is 316 g/mol. The third kappa shape index (κ3) is 4.16. The average Bonchev–Trinajstić information content (AvgIpc) is 3.25. The summed E-state index contributed by atoms with van der Waals surface area (Å²) in [6.07, 6.45) is 3.07. The molecule has 0 heterocycles. The number of carbonyl (C=O) groups is 1. The zero-order chi connectivity index (χ0) is 17.4. The number of hydrogen-bond donors (Lipinski definition) is 0. The van der Waals surface area contributed by atoms with Crippen molar-refractivity contribution in [1.82, 2.24) is 0 Å². The first-order valence-electron chi connectivity index (χ1n) is 8.91. The summed E-state index contributed by atoms with van der Waals surface area (Å²) in [5, 5.41) is 0. The van der Waals surface area contributed by atoms with Gasteiger partial charge < -0.3 is 4.74 Å². The van der Waals surface area contributed by atoms with Gasteiger partial charge in [-0.25, -0.2) is 0 Å². The highest BCUT2D eigenvalue weighted by Gasteiger charge is 2.34. The summed E-state index contributed by atoms with van der Waals surface area (Å²) in [6.45, 7) is 16.0. The number of hydrogen-bond acceptors (Lipinski definition) is 2. The Bertz CT molecular complexity index is 546. The van der Waals surface area contributed by atoms with E-state index >= 15 is 0 Å². The molecule has 1 fully saturated rings. The highest BCUT2D eigenvalue weighted by molar-refractivity contribution is 6.00. The van der Waals surface area contributed by atoms with Gasteiger partial charge in [-0.05, 0) is 42.2 Å². The van der Waals surface area contributed by atoms with Crippen LogP contribution in [-0.2, 0) is 10.8 Å². The van der Waals surface area contributed by atoms with Crippen LogP contribution >= 0.6 is 0 Å². The van der Waals surface area contributed by atoms with Crippen LogP contribution in [0.25, 0.3) is 0 Å². The summed E-state index contributed by atoms with van der Waals surface area (Å²) in [4.78, 5) is 12.6. The Hall–Kier alpha value is -1.31. The molecule has 0 saturated heterocycles. The van der Waals surface area contributed by atoms with Gasteiger partial charge in [0.2, 0.25) is 0 Å². The second-order valence-corrected chi connectivity index (χ2v) is 8.89. The second-order valence-electron chi connectivity index (χ2n) is 8.89. The third-order valence-electron chi connectivity index (χ3n) is 4.39. The highest BCUT2D eigenvalue weighted by atomic mass is 16.5. The van der Waals surface area contributed by atoms with Crippen molar-refractivity contribution < 1.29 is 9.53 Å². The van der Waals surface area contributed by atoms with Crippen LogP contribution in [-0.4, -0.2) is 12.4 Å². The van der Waals surface area contributed by atoms with Gasteiger partial charge in [0.15, 0.2) is 5.78 Å². The molecule has 128 valence electrons. The van der Waals surface area contributed by atoms with E-state index in [1.165, 1.54) is 0 Å². The van der Waals surface area contributed by atoms with Crippen LogP contribution in [0.15, 0.2) is 12.1 Å². The molecule has 0 aromatic heterocycles. The fraction of sp³-hybridized carbons (Fsp3) is 0.667. The first-order chi connectivity index (χ1) is 10.6. The van der Waals surface area contributed by atoms with Gasteiger partial charge in [0.05, 0.1) is 6.61 Å². The van der Waals surface area contributed by atoms with Gasteiger partial charge in [-0.1, -0.05) is 48.5 Å². The quantitative estimate of drug-likeness (QED) is 0.655. The van der Waals surface area contributed by atoms with E-state index in [2.05, 4.69) is 60.6 Å². The van der Waals surface area contributed by atoms with Gasteiger partial charge >= 0.3 is 0 Å². The number of benzene rings is 1. The second kappa shape index (κ2) is 6.30. The Labute approximate surface area is 141 Å². The molecule has 0 amide bonds. The molecule has 1 saturated carbocycles. The Balaban J connectivity index is 2.63. The van der Waals surface area contributed by atoms with Crippen molar-refractivity contribution in [1.29, 1.82) is 0 Å². The zero-order valence-electron chi connectivity index (χ0n) is 15.9. The van der Waals surface area contributed by atoms with Crippen molar-refractivity contribution in [2.75, 3.05) is 6.61 Å². The fourth-order valence-electron chi connectivity index (χ4n) is 2.83. The minimum atomic E-state index is -0.0527. The molecule has 0 unspecified atom stereocenters. The van der Waals surface area contributed by atoms with E-state index in [1.807, 2.05) is 0 Å². The predicted octanol–water partition coefficient (Wildman–Crippen LogP) is 5.66. The SMILES string of the molecule is CCCOc1c(C(C)(C)C)cc(C(=O)C2CC2)cc1C(C)(C)C. The lowest BCUT2D eigenvalue weighted by molar-refractivity contribution is 0.0967. The van der Waals surface area contributed by atoms with Crippen molar-refractivity contribution in [2.24, 2.45) is 5.92 Å². The average molecular weight is 316 g/mol. The van der Waals surface area contributed by atoms with Crippen molar-refractivity contribution in [3.8, 4) is 5.75 Å². The lowest BCUT2D eigenvalue weighted by Gasteiger charge is -2.30. The molecule has 1 aliphatic rings. The molecule has 2 heteroatoms. The largest absolute Gasteiger partial charge is 0.493 e. The Kier molecular flexibility index (Phi) is 4.94. The smallest absolute Gasteiger partial charge is 0.165 e. The minimum absolute atomic E-state index is 0.0527. The molecule has 23 heavy (non-hydrogen) atoms. The predicted molar refractivity (Wildman–Crippen MR) is 96.7 cm³/mol. The standard InChI is InChI=1S/C21H32O2/c1-8-11-23-19-16(20(2,3)4)12-15(18(22)14-9-10-14)13-17(19)21(5,6)7/h12-14H,8-11H2,1-7H3. The van der Waals surface area contributed by atoms with E-state index in [9.17, 15) is 4.79 Å². The molecule has 2 rings (SSSR count). The molecule has 1 aliphatic carbocycles. The zero-order valence-corrected chi connectivity index (χ0v) is 15.9. The van der Waals surface area contributed by atoms with Crippen LogP contribution in [0.4, 0.5) is 0 Å². The van der Waals surface area contributed by atoms with Gasteiger partial charge in [0.25, 0.3) is 0 Å². The van der Waals surface area contributed by atoms with E-state index < -0.39 is 0 Å². The molecule has 2 nitrogen and oxygen atoms in total. The Morgan fingerprint density at radius 3 is 1.87 bits per heavy atom. The molecule has 0 N–H and O–H groups in total. The lowest BCUT2D eigenvalue weighted by Crippen LogP contribution is -2.21. The summed E-state index contributed by atoms with van der Waals surface area (Å²) in [6, 6.07) is 4.17. The normalized spacial score (nSPS) is 15.6. The molecular weight excluding hydrogens is 284 g/mol. The van der Waals surface area contributed by atoms with Crippen LogP contribution in [0.1, 0.15) is 89.2 Å². The lowest BCUT2D eigenvalue weighted by atomic mass is 9.77. The summed E-state index contributed by atoms with van der Waals surface area (Å²) >= 11 is 0. The van der Waals surface area contributed by atoms with E-state index in [0.29, 0.717) is 12.4 Å². The van der Waals surface area contributed by atoms with E-state index in [-0.39, 0.29) is 16.7 Å².